The molecule has 276 valence electrons. The summed E-state index contributed by atoms with van der Waals surface area (Å²) in [4.78, 5) is 24.8. The van der Waals surface area contributed by atoms with E-state index in [-0.39, 0.29) is 13.0 Å². The first-order valence-electron chi connectivity index (χ1n) is 18.0. The van der Waals surface area contributed by atoms with Crippen LogP contribution in [0.3, 0.4) is 0 Å². The van der Waals surface area contributed by atoms with Gasteiger partial charge in [0, 0.05) is 0 Å². The molecule has 9 heteroatoms. The van der Waals surface area contributed by atoms with E-state index < -0.39 is 48.3 Å². The van der Waals surface area contributed by atoms with Crippen molar-refractivity contribution in [1.82, 2.24) is 5.32 Å². The standard InChI is InChI=1S/C43H51NO8/c1-43(2,3)52-42(46)44-36(26-45)24-25-37-39(48-28-33-18-10-5-11-19-33)41(50-30-35-22-14-7-15-23-35)40(49-29-34-20-12-6-13-21-34)38(51-37)31-47-27-32-16-8-4-9-17-32/h4-23,26,36-41H,24-25,27-31H2,1-3H3,(H,44,46)/t36-,37-,38+,39-,40-,41+/m0/s1. The summed E-state index contributed by atoms with van der Waals surface area (Å²) in [5.41, 5.74) is 3.36. The number of ether oxygens (including phenoxy) is 6. The fourth-order valence-electron chi connectivity index (χ4n) is 6.09. The average Bonchev–Trinajstić information content (AvgIpc) is 3.15. The maximum absolute atomic E-state index is 12.6. The molecule has 1 aliphatic heterocycles. The molecule has 9 nitrogen and oxygen atoms in total. The molecule has 0 bridgehead atoms. The van der Waals surface area contributed by atoms with E-state index in [9.17, 15) is 9.59 Å². The first-order valence-corrected chi connectivity index (χ1v) is 18.0. The van der Waals surface area contributed by atoms with Gasteiger partial charge < -0.3 is 38.5 Å². The highest BCUT2D eigenvalue weighted by Crippen LogP contribution is 2.33. The van der Waals surface area contributed by atoms with Gasteiger partial charge in [0.25, 0.3) is 0 Å². The van der Waals surface area contributed by atoms with Crippen LogP contribution < -0.4 is 5.32 Å². The number of hydrogen-bond acceptors (Lipinski definition) is 8. The predicted octanol–water partition coefficient (Wildman–Crippen LogP) is 7.60. The maximum atomic E-state index is 12.6. The lowest BCUT2D eigenvalue weighted by molar-refractivity contribution is -0.273. The number of carbonyl (C=O) groups excluding carboxylic acids is 2. The van der Waals surface area contributed by atoms with Crippen molar-refractivity contribution in [2.45, 2.75) is 102 Å². The second-order valence-corrected chi connectivity index (χ2v) is 14.0. The monoisotopic (exact) mass is 709 g/mol. The Bertz CT molecular complexity index is 1600. The van der Waals surface area contributed by atoms with E-state index in [1.54, 1.807) is 20.8 Å². The smallest absolute Gasteiger partial charge is 0.408 e. The van der Waals surface area contributed by atoms with Gasteiger partial charge in [-0.1, -0.05) is 121 Å². The molecule has 1 aliphatic rings. The van der Waals surface area contributed by atoms with Crippen LogP contribution >= 0.6 is 0 Å². The minimum Gasteiger partial charge on any atom is -0.444 e. The van der Waals surface area contributed by atoms with Crippen molar-refractivity contribution in [3.8, 4) is 0 Å². The van der Waals surface area contributed by atoms with E-state index in [1.165, 1.54) is 0 Å². The third-order valence-electron chi connectivity index (χ3n) is 8.61. The number of nitrogens with one attached hydrogen (secondary N) is 1. The van der Waals surface area contributed by atoms with Crippen molar-refractivity contribution in [1.29, 1.82) is 0 Å². The Morgan fingerprint density at radius 1 is 0.654 bits per heavy atom. The molecule has 0 unspecified atom stereocenters. The van der Waals surface area contributed by atoms with Crippen LogP contribution in [0.15, 0.2) is 121 Å². The zero-order valence-corrected chi connectivity index (χ0v) is 30.3. The van der Waals surface area contributed by atoms with Gasteiger partial charge in [-0.2, -0.15) is 0 Å². The van der Waals surface area contributed by atoms with Crippen LogP contribution in [0.5, 0.6) is 0 Å². The van der Waals surface area contributed by atoms with Crippen molar-refractivity contribution in [2.24, 2.45) is 0 Å². The average molecular weight is 710 g/mol. The fraction of sp³-hybridized carbons (Fsp3) is 0.395. The van der Waals surface area contributed by atoms with Crippen molar-refractivity contribution in [2.75, 3.05) is 6.61 Å². The minimum atomic E-state index is -0.795. The largest absolute Gasteiger partial charge is 0.444 e. The Labute approximate surface area is 307 Å². The molecule has 1 fully saturated rings. The SMILES string of the molecule is CC(C)(C)OC(=O)N[C@H](C=O)CC[C@@H]1O[C@H](COCc2ccccc2)[C@H](OCc2ccccc2)[C@H](OCc2ccccc2)[C@H]1OCc1ccccc1. The summed E-state index contributed by atoms with van der Waals surface area (Å²) in [6.45, 7) is 6.92. The maximum Gasteiger partial charge on any atom is 0.408 e. The van der Waals surface area contributed by atoms with Gasteiger partial charge >= 0.3 is 6.09 Å². The minimum absolute atomic E-state index is 0.231. The highest BCUT2D eigenvalue weighted by atomic mass is 16.6. The Balaban J connectivity index is 1.43. The molecule has 5 rings (SSSR count). The molecule has 6 atom stereocenters. The quantitative estimate of drug-likeness (QED) is 0.106. The van der Waals surface area contributed by atoms with Gasteiger partial charge in [-0.15, -0.1) is 0 Å². The molecule has 4 aromatic carbocycles. The van der Waals surface area contributed by atoms with Crippen molar-refractivity contribution in [3.63, 3.8) is 0 Å². The summed E-state index contributed by atoms with van der Waals surface area (Å²) in [6.07, 6.45) is -2.08. The summed E-state index contributed by atoms with van der Waals surface area (Å²) < 4.78 is 38.8. The molecule has 0 aromatic heterocycles. The Morgan fingerprint density at radius 2 is 1.08 bits per heavy atom. The molecular weight excluding hydrogens is 658 g/mol. The molecule has 0 radical (unpaired) electrons. The number of aldehydes is 1. The van der Waals surface area contributed by atoms with E-state index in [2.05, 4.69) is 5.32 Å². The van der Waals surface area contributed by atoms with Gasteiger partial charge in [0.05, 0.1) is 45.2 Å². The number of rotatable bonds is 18. The van der Waals surface area contributed by atoms with E-state index in [0.29, 0.717) is 32.8 Å². The lowest BCUT2D eigenvalue weighted by atomic mass is 9.91. The number of alkyl carbamates (subject to hydrolysis) is 1. The summed E-state index contributed by atoms with van der Waals surface area (Å²) in [5, 5.41) is 2.70. The van der Waals surface area contributed by atoms with Crippen LogP contribution in [0.1, 0.15) is 55.9 Å². The topological polar surface area (TPSA) is 102 Å². The molecule has 1 heterocycles. The molecule has 0 saturated carbocycles. The highest BCUT2D eigenvalue weighted by molar-refractivity contribution is 5.73. The number of benzene rings is 4. The first-order chi connectivity index (χ1) is 25.3. The van der Waals surface area contributed by atoms with E-state index >= 15 is 0 Å². The van der Waals surface area contributed by atoms with Gasteiger partial charge in [-0.3, -0.25) is 0 Å². The lowest BCUT2D eigenvalue weighted by Crippen LogP contribution is -2.61. The molecule has 0 aliphatic carbocycles. The summed E-state index contributed by atoms with van der Waals surface area (Å²) in [5.74, 6) is 0. The Hall–Kier alpha value is -4.38. The van der Waals surface area contributed by atoms with Gasteiger partial charge in [0.1, 0.15) is 36.3 Å². The van der Waals surface area contributed by atoms with E-state index in [0.717, 1.165) is 28.5 Å². The zero-order valence-electron chi connectivity index (χ0n) is 30.3. The zero-order chi connectivity index (χ0) is 36.6. The highest BCUT2D eigenvalue weighted by Gasteiger charge is 2.48. The molecular formula is C43H51NO8. The Morgan fingerprint density at radius 3 is 1.52 bits per heavy atom. The van der Waals surface area contributed by atoms with Gasteiger partial charge in [0.15, 0.2) is 0 Å². The molecule has 1 saturated heterocycles. The molecule has 4 aromatic rings. The van der Waals surface area contributed by atoms with E-state index in [1.807, 2.05) is 121 Å². The molecule has 1 amide bonds. The third-order valence-corrected chi connectivity index (χ3v) is 8.61. The number of carbonyl (C=O) groups is 2. The van der Waals surface area contributed by atoms with Crippen LogP contribution in [0.25, 0.3) is 0 Å². The van der Waals surface area contributed by atoms with Crippen LogP contribution in [-0.2, 0) is 59.6 Å². The van der Waals surface area contributed by atoms with Gasteiger partial charge in [-0.05, 0) is 55.9 Å². The predicted molar refractivity (Wildman–Crippen MR) is 198 cm³/mol. The summed E-state index contributed by atoms with van der Waals surface area (Å²) >= 11 is 0. The molecule has 52 heavy (non-hydrogen) atoms. The normalized spacial score (nSPS) is 20.9. The molecule has 0 spiro atoms. The molecule has 1 N–H and O–H groups in total. The number of hydrogen-bond donors (Lipinski definition) is 1. The fourth-order valence-corrected chi connectivity index (χ4v) is 6.09. The van der Waals surface area contributed by atoms with Crippen molar-refractivity contribution >= 4 is 12.4 Å². The second kappa shape index (κ2) is 20.0. The first kappa shape index (κ1) is 38.8. The van der Waals surface area contributed by atoms with Gasteiger partial charge in [-0.25, -0.2) is 4.79 Å². The Kier molecular flexibility index (Phi) is 15.0. The van der Waals surface area contributed by atoms with Crippen LogP contribution in [0, 0.1) is 0 Å². The number of amides is 1. The van der Waals surface area contributed by atoms with Crippen LogP contribution in [0.4, 0.5) is 4.79 Å². The summed E-state index contributed by atoms with van der Waals surface area (Å²) in [6, 6.07) is 39.1. The summed E-state index contributed by atoms with van der Waals surface area (Å²) in [7, 11) is 0. The van der Waals surface area contributed by atoms with Crippen molar-refractivity contribution < 1.29 is 38.0 Å². The van der Waals surface area contributed by atoms with E-state index in [4.69, 9.17) is 28.4 Å². The van der Waals surface area contributed by atoms with Crippen LogP contribution in [-0.4, -0.2) is 61.1 Å². The van der Waals surface area contributed by atoms with Gasteiger partial charge in [0.2, 0.25) is 0 Å². The second-order valence-electron chi connectivity index (χ2n) is 14.0. The lowest BCUT2D eigenvalue weighted by Gasteiger charge is -2.46. The van der Waals surface area contributed by atoms with Crippen molar-refractivity contribution in [3.05, 3.63) is 144 Å². The van der Waals surface area contributed by atoms with Crippen LogP contribution in [0.2, 0.25) is 0 Å². The third kappa shape index (κ3) is 12.7.